The van der Waals surface area contributed by atoms with Gasteiger partial charge in [-0.05, 0) is 12.1 Å². The third-order valence-electron chi connectivity index (χ3n) is 4.08. The fraction of sp³-hybridized carbons (Fsp3) is 0.263. The van der Waals surface area contributed by atoms with Crippen molar-refractivity contribution in [2.45, 2.75) is 24.5 Å². The summed E-state index contributed by atoms with van der Waals surface area (Å²) in [5.41, 5.74) is 1.61. The van der Waals surface area contributed by atoms with E-state index < -0.39 is 0 Å². The van der Waals surface area contributed by atoms with E-state index in [0.717, 1.165) is 27.0 Å². The van der Waals surface area contributed by atoms with Crippen LogP contribution in [0.15, 0.2) is 39.3 Å². The Morgan fingerprint density at radius 2 is 2.00 bits per heavy atom. The molecule has 0 fully saturated rings. The third kappa shape index (κ3) is 5.87. The fourth-order valence-corrected chi connectivity index (χ4v) is 4.89. The zero-order chi connectivity index (χ0) is 21.6. The standard InChI is InChI=1S/C19H18N6O3S3/c1-20-14(26)8-11-9-29-18(21-11)23-15(27)10-30-19-25-24-16(28-19)6-7-17-22-12-4-2-3-5-13(12)31-17/h2-5,9H,6-8,10H2,1H3,(H,20,26)(H,21,23,27). The number of thioether (sulfide) groups is 1. The number of anilines is 1. The van der Waals surface area contributed by atoms with E-state index in [9.17, 15) is 9.59 Å². The molecule has 0 saturated heterocycles. The molecular weight excluding hydrogens is 456 g/mol. The first kappa shape index (κ1) is 21.4. The van der Waals surface area contributed by atoms with Gasteiger partial charge in [-0.3, -0.25) is 9.59 Å². The number of carbonyl (C=O) groups excluding carboxylic acids is 2. The van der Waals surface area contributed by atoms with Crippen LogP contribution in [0.25, 0.3) is 10.2 Å². The molecule has 0 saturated carbocycles. The second-order valence-electron chi connectivity index (χ2n) is 6.37. The highest BCUT2D eigenvalue weighted by Crippen LogP contribution is 2.23. The van der Waals surface area contributed by atoms with Gasteiger partial charge in [-0.1, -0.05) is 23.9 Å². The molecule has 160 valence electrons. The molecule has 3 heterocycles. The number of para-hydroxylation sites is 1. The molecule has 0 aliphatic carbocycles. The molecular formula is C19H18N6O3S3. The number of aromatic nitrogens is 4. The summed E-state index contributed by atoms with van der Waals surface area (Å²) in [4.78, 5) is 32.3. The van der Waals surface area contributed by atoms with Gasteiger partial charge in [0.15, 0.2) is 5.13 Å². The van der Waals surface area contributed by atoms with Crippen molar-refractivity contribution in [1.29, 1.82) is 0 Å². The summed E-state index contributed by atoms with van der Waals surface area (Å²) in [7, 11) is 1.57. The molecule has 0 radical (unpaired) electrons. The quantitative estimate of drug-likeness (QED) is 0.355. The van der Waals surface area contributed by atoms with Crippen molar-refractivity contribution >= 4 is 61.6 Å². The van der Waals surface area contributed by atoms with Crippen LogP contribution in [0.3, 0.4) is 0 Å². The molecule has 0 aliphatic heterocycles. The number of aryl methyl sites for hydroxylation is 2. The van der Waals surface area contributed by atoms with Crippen molar-refractivity contribution < 1.29 is 14.0 Å². The summed E-state index contributed by atoms with van der Waals surface area (Å²) in [6.45, 7) is 0. The van der Waals surface area contributed by atoms with Crippen LogP contribution in [0.4, 0.5) is 5.13 Å². The van der Waals surface area contributed by atoms with Gasteiger partial charge in [0.25, 0.3) is 5.22 Å². The van der Waals surface area contributed by atoms with Crippen LogP contribution < -0.4 is 10.6 Å². The van der Waals surface area contributed by atoms with E-state index in [4.69, 9.17) is 4.42 Å². The molecule has 1 aromatic carbocycles. The Bertz CT molecular complexity index is 1170. The summed E-state index contributed by atoms with van der Waals surface area (Å²) in [5, 5.41) is 16.8. The van der Waals surface area contributed by atoms with Gasteiger partial charge < -0.3 is 15.1 Å². The maximum atomic E-state index is 12.1. The lowest BCUT2D eigenvalue weighted by molar-refractivity contribution is -0.120. The van der Waals surface area contributed by atoms with E-state index in [0.29, 0.717) is 34.8 Å². The normalized spacial score (nSPS) is 11.0. The van der Waals surface area contributed by atoms with Gasteiger partial charge in [0.05, 0.1) is 33.1 Å². The summed E-state index contributed by atoms with van der Waals surface area (Å²) in [6, 6.07) is 8.02. The Morgan fingerprint density at radius 1 is 1.13 bits per heavy atom. The lowest BCUT2D eigenvalue weighted by Crippen LogP contribution is -2.20. The topological polar surface area (TPSA) is 123 Å². The van der Waals surface area contributed by atoms with Crippen LogP contribution in [0, 0.1) is 0 Å². The number of hydrogen-bond acceptors (Lipinski definition) is 10. The molecule has 31 heavy (non-hydrogen) atoms. The molecule has 4 aromatic rings. The largest absolute Gasteiger partial charge is 0.416 e. The molecule has 9 nitrogen and oxygen atoms in total. The average Bonchev–Trinajstić information content (AvgIpc) is 3.50. The second-order valence-corrected chi connectivity index (χ2v) is 9.27. The van der Waals surface area contributed by atoms with E-state index in [2.05, 4.69) is 36.9 Å². The molecule has 0 bridgehead atoms. The van der Waals surface area contributed by atoms with E-state index in [1.807, 2.05) is 18.2 Å². The van der Waals surface area contributed by atoms with Crippen molar-refractivity contribution in [2.75, 3.05) is 18.1 Å². The fourth-order valence-electron chi connectivity index (χ4n) is 2.62. The minimum absolute atomic E-state index is 0.115. The lowest BCUT2D eigenvalue weighted by atomic mass is 10.3. The number of carbonyl (C=O) groups is 2. The number of hydrogen-bond donors (Lipinski definition) is 2. The Hall–Kier alpha value is -2.83. The number of fused-ring (bicyclic) bond motifs is 1. The summed E-state index contributed by atoms with van der Waals surface area (Å²) in [5.74, 6) is 0.263. The highest BCUT2D eigenvalue weighted by atomic mass is 32.2. The van der Waals surface area contributed by atoms with Crippen molar-refractivity contribution in [1.82, 2.24) is 25.5 Å². The molecule has 4 rings (SSSR count). The Morgan fingerprint density at radius 3 is 2.84 bits per heavy atom. The van der Waals surface area contributed by atoms with Gasteiger partial charge in [0.1, 0.15) is 0 Å². The zero-order valence-electron chi connectivity index (χ0n) is 16.5. The minimum atomic E-state index is -0.236. The van der Waals surface area contributed by atoms with E-state index in [-0.39, 0.29) is 24.0 Å². The number of rotatable bonds is 9. The van der Waals surface area contributed by atoms with Crippen LogP contribution in [0.1, 0.15) is 16.6 Å². The zero-order valence-corrected chi connectivity index (χ0v) is 18.9. The predicted octanol–water partition coefficient (Wildman–Crippen LogP) is 2.94. The number of amides is 2. The van der Waals surface area contributed by atoms with Gasteiger partial charge in [-0.25, -0.2) is 9.97 Å². The van der Waals surface area contributed by atoms with Crippen molar-refractivity contribution in [3.63, 3.8) is 0 Å². The molecule has 0 atom stereocenters. The molecule has 0 spiro atoms. The Kier molecular flexibility index (Phi) is 6.89. The third-order valence-corrected chi connectivity index (χ3v) is 6.81. The van der Waals surface area contributed by atoms with E-state index in [1.165, 1.54) is 11.3 Å². The molecule has 0 aliphatic rings. The van der Waals surface area contributed by atoms with Crippen LogP contribution in [-0.2, 0) is 28.9 Å². The first-order chi connectivity index (χ1) is 15.1. The van der Waals surface area contributed by atoms with Gasteiger partial charge in [0.2, 0.25) is 17.7 Å². The number of thiazole rings is 2. The number of likely N-dealkylation sites (N-methyl/N-ethyl adjacent to an activating group) is 1. The van der Waals surface area contributed by atoms with Gasteiger partial charge in [-0.15, -0.1) is 32.9 Å². The smallest absolute Gasteiger partial charge is 0.277 e. The van der Waals surface area contributed by atoms with Crippen LogP contribution in [0.2, 0.25) is 0 Å². The van der Waals surface area contributed by atoms with E-state index >= 15 is 0 Å². The molecule has 0 unspecified atom stereocenters. The highest BCUT2D eigenvalue weighted by molar-refractivity contribution is 7.99. The van der Waals surface area contributed by atoms with Crippen molar-refractivity contribution in [3.8, 4) is 0 Å². The molecule has 3 aromatic heterocycles. The second kappa shape index (κ2) is 9.98. The number of benzene rings is 1. The maximum Gasteiger partial charge on any atom is 0.277 e. The SMILES string of the molecule is CNC(=O)Cc1csc(NC(=O)CSc2nnc(CCc3nc4ccccc4s3)o2)n1. The first-order valence-corrected chi connectivity index (χ1v) is 12.0. The minimum Gasteiger partial charge on any atom is -0.416 e. The Balaban J connectivity index is 1.23. The monoisotopic (exact) mass is 474 g/mol. The first-order valence-electron chi connectivity index (χ1n) is 9.33. The van der Waals surface area contributed by atoms with Gasteiger partial charge in [0, 0.05) is 25.3 Å². The van der Waals surface area contributed by atoms with Crippen molar-refractivity contribution in [2.24, 2.45) is 0 Å². The maximum absolute atomic E-state index is 12.1. The van der Waals surface area contributed by atoms with Crippen LogP contribution in [0.5, 0.6) is 0 Å². The van der Waals surface area contributed by atoms with Gasteiger partial charge >= 0.3 is 0 Å². The summed E-state index contributed by atoms with van der Waals surface area (Å²) < 4.78 is 6.78. The Labute approximate surface area is 189 Å². The van der Waals surface area contributed by atoms with E-state index in [1.54, 1.807) is 23.8 Å². The van der Waals surface area contributed by atoms with Crippen LogP contribution in [-0.4, -0.2) is 44.8 Å². The molecule has 2 amide bonds. The number of nitrogens with zero attached hydrogens (tertiary/aromatic N) is 4. The highest BCUT2D eigenvalue weighted by Gasteiger charge is 2.13. The number of nitrogens with one attached hydrogen (secondary N) is 2. The lowest BCUT2D eigenvalue weighted by Gasteiger charge is -1.99. The predicted molar refractivity (Wildman–Crippen MR) is 121 cm³/mol. The van der Waals surface area contributed by atoms with Gasteiger partial charge in [-0.2, -0.15) is 0 Å². The molecule has 12 heteroatoms. The van der Waals surface area contributed by atoms with Crippen LogP contribution >= 0.6 is 34.4 Å². The summed E-state index contributed by atoms with van der Waals surface area (Å²) >= 11 is 4.09. The average molecular weight is 475 g/mol. The molecule has 2 N–H and O–H groups in total. The van der Waals surface area contributed by atoms with Crippen molar-refractivity contribution in [3.05, 3.63) is 46.2 Å². The summed E-state index contributed by atoms with van der Waals surface area (Å²) in [6.07, 6.45) is 1.49.